The van der Waals surface area contributed by atoms with E-state index in [1.54, 1.807) is 13.3 Å². The third-order valence-corrected chi connectivity index (χ3v) is 3.52. The normalized spacial score (nSPS) is 10.9. The van der Waals surface area contributed by atoms with Gasteiger partial charge in [0.05, 0.1) is 19.5 Å². The molecule has 0 aliphatic heterocycles. The van der Waals surface area contributed by atoms with Crippen LogP contribution in [0.15, 0.2) is 38.8 Å². The molecule has 8 heteroatoms. The van der Waals surface area contributed by atoms with E-state index >= 15 is 0 Å². The van der Waals surface area contributed by atoms with Crippen LogP contribution in [0, 0.1) is 0 Å². The number of hydrogen-bond donors (Lipinski definition) is 1. The second-order valence-corrected chi connectivity index (χ2v) is 5.35. The Labute approximate surface area is 134 Å². The van der Waals surface area contributed by atoms with Crippen molar-refractivity contribution in [2.75, 3.05) is 12.5 Å². The van der Waals surface area contributed by atoms with Crippen LogP contribution >= 0.6 is 27.5 Å². The second-order valence-electron chi connectivity index (χ2n) is 4.06. The van der Waals surface area contributed by atoms with E-state index in [9.17, 15) is 4.79 Å². The Hall–Kier alpha value is -1.86. The third kappa shape index (κ3) is 3.62. The lowest BCUT2D eigenvalue weighted by Gasteiger charge is -2.06. The molecule has 21 heavy (non-hydrogen) atoms. The number of aryl methyl sites for hydroxylation is 1. The molecule has 0 radical (unpaired) electrons. The van der Waals surface area contributed by atoms with Gasteiger partial charge in [0, 0.05) is 17.1 Å². The summed E-state index contributed by atoms with van der Waals surface area (Å²) in [6, 6.07) is 5.54. The summed E-state index contributed by atoms with van der Waals surface area (Å²) in [5, 5.41) is 7.94. The summed E-state index contributed by atoms with van der Waals surface area (Å²) < 4.78 is 7.28. The monoisotopic (exact) mass is 370 g/mol. The SMILES string of the molecule is COc1ccc(Br)cc1/C=N\Nc1cnn(C)c(=O)c1Cl. The van der Waals surface area contributed by atoms with Gasteiger partial charge in [0.2, 0.25) is 0 Å². The predicted molar refractivity (Wildman–Crippen MR) is 86.4 cm³/mol. The zero-order valence-corrected chi connectivity index (χ0v) is 13.6. The fourth-order valence-corrected chi connectivity index (χ4v) is 2.16. The Bertz CT molecular complexity index is 745. The van der Waals surface area contributed by atoms with Gasteiger partial charge in [-0.05, 0) is 18.2 Å². The van der Waals surface area contributed by atoms with Crippen molar-refractivity contribution in [1.82, 2.24) is 9.78 Å². The molecule has 0 spiro atoms. The molecular weight excluding hydrogens is 360 g/mol. The van der Waals surface area contributed by atoms with E-state index in [2.05, 4.69) is 31.6 Å². The van der Waals surface area contributed by atoms with Crippen molar-refractivity contribution < 1.29 is 4.74 Å². The number of nitrogens with one attached hydrogen (secondary N) is 1. The molecule has 0 amide bonds. The van der Waals surface area contributed by atoms with Gasteiger partial charge in [-0.2, -0.15) is 10.2 Å². The number of aromatic nitrogens is 2. The Kier molecular flexibility index (Phi) is 4.98. The van der Waals surface area contributed by atoms with Crippen LogP contribution in [0.1, 0.15) is 5.56 Å². The first-order valence-electron chi connectivity index (χ1n) is 5.87. The van der Waals surface area contributed by atoms with Crippen LogP contribution in [0.2, 0.25) is 5.02 Å². The van der Waals surface area contributed by atoms with Gasteiger partial charge in [-0.1, -0.05) is 27.5 Å². The number of nitrogens with zero attached hydrogens (tertiary/aromatic N) is 3. The van der Waals surface area contributed by atoms with Gasteiger partial charge in [-0.25, -0.2) is 4.68 Å². The van der Waals surface area contributed by atoms with Crippen molar-refractivity contribution in [3.8, 4) is 5.75 Å². The van der Waals surface area contributed by atoms with Crippen LogP contribution in [-0.2, 0) is 7.05 Å². The topological polar surface area (TPSA) is 68.5 Å². The van der Waals surface area contributed by atoms with Crippen LogP contribution in [-0.4, -0.2) is 23.1 Å². The molecule has 2 aromatic rings. The molecule has 1 aromatic carbocycles. The van der Waals surface area contributed by atoms with E-state index in [0.717, 1.165) is 14.7 Å². The number of ether oxygens (including phenoxy) is 1. The maximum Gasteiger partial charge on any atom is 0.287 e. The van der Waals surface area contributed by atoms with Crippen molar-refractivity contribution >= 4 is 39.4 Å². The molecule has 0 unspecified atom stereocenters. The van der Waals surface area contributed by atoms with Gasteiger partial charge in [0.1, 0.15) is 16.5 Å². The highest BCUT2D eigenvalue weighted by molar-refractivity contribution is 9.10. The summed E-state index contributed by atoms with van der Waals surface area (Å²) in [4.78, 5) is 11.6. The highest BCUT2D eigenvalue weighted by Crippen LogP contribution is 2.21. The lowest BCUT2D eigenvalue weighted by Crippen LogP contribution is -2.20. The van der Waals surface area contributed by atoms with Gasteiger partial charge < -0.3 is 4.74 Å². The summed E-state index contributed by atoms with van der Waals surface area (Å²) in [6.45, 7) is 0. The van der Waals surface area contributed by atoms with Crippen molar-refractivity contribution in [1.29, 1.82) is 0 Å². The molecule has 2 rings (SSSR count). The average molecular weight is 372 g/mol. The zero-order valence-electron chi connectivity index (χ0n) is 11.3. The predicted octanol–water partition coefficient (Wildman–Crippen LogP) is 2.65. The summed E-state index contributed by atoms with van der Waals surface area (Å²) in [6.07, 6.45) is 3.00. The molecule has 0 saturated heterocycles. The number of hydrogen-bond acceptors (Lipinski definition) is 5. The van der Waals surface area contributed by atoms with Gasteiger partial charge in [-0.15, -0.1) is 0 Å². The first-order valence-corrected chi connectivity index (χ1v) is 7.04. The quantitative estimate of drug-likeness (QED) is 0.663. The van der Waals surface area contributed by atoms with E-state index in [4.69, 9.17) is 16.3 Å². The Morgan fingerprint density at radius 2 is 2.29 bits per heavy atom. The third-order valence-electron chi connectivity index (χ3n) is 2.66. The molecule has 110 valence electrons. The first kappa shape index (κ1) is 15.5. The summed E-state index contributed by atoms with van der Waals surface area (Å²) in [5.41, 5.74) is 3.41. The van der Waals surface area contributed by atoms with Gasteiger partial charge >= 0.3 is 0 Å². The van der Waals surface area contributed by atoms with E-state index in [1.165, 1.54) is 13.2 Å². The number of halogens is 2. The minimum Gasteiger partial charge on any atom is -0.496 e. The molecule has 1 heterocycles. The van der Waals surface area contributed by atoms with Crippen molar-refractivity contribution in [3.63, 3.8) is 0 Å². The minimum absolute atomic E-state index is 0.0332. The highest BCUT2D eigenvalue weighted by atomic mass is 79.9. The van der Waals surface area contributed by atoms with Gasteiger partial charge in [0.25, 0.3) is 5.56 Å². The van der Waals surface area contributed by atoms with E-state index in [1.807, 2.05) is 18.2 Å². The molecule has 0 atom stereocenters. The van der Waals surface area contributed by atoms with Crippen LogP contribution < -0.4 is 15.7 Å². The van der Waals surface area contributed by atoms with E-state index in [0.29, 0.717) is 11.4 Å². The van der Waals surface area contributed by atoms with Gasteiger partial charge in [0.15, 0.2) is 0 Å². The maximum absolute atomic E-state index is 11.6. The molecule has 0 fully saturated rings. The maximum atomic E-state index is 11.6. The molecule has 0 aliphatic carbocycles. The number of methoxy groups -OCH3 is 1. The molecule has 0 bridgehead atoms. The smallest absolute Gasteiger partial charge is 0.287 e. The fourth-order valence-electron chi connectivity index (χ4n) is 1.57. The molecule has 0 saturated carbocycles. The number of anilines is 1. The van der Waals surface area contributed by atoms with Crippen molar-refractivity contribution in [2.24, 2.45) is 12.1 Å². The first-order chi connectivity index (χ1) is 10.0. The average Bonchev–Trinajstić information content (AvgIpc) is 2.47. The Morgan fingerprint density at radius 1 is 1.52 bits per heavy atom. The lowest BCUT2D eigenvalue weighted by atomic mass is 10.2. The van der Waals surface area contributed by atoms with Crippen LogP contribution in [0.3, 0.4) is 0 Å². The van der Waals surface area contributed by atoms with Crippen LogP contribution in [0.5, 0.6) is 5.75 Å². The molecule has 6 nitrogen and oxygen atoms in total. The molecule has 0 aliphatic rings. The van der Waals surface area contributed by atoms with Gasteiger partial charge in [-0.3, -0.25) is 10.2 Å². The number of rotatable bonds is 4. The van der Waals surface area contributed by atoms with Crippen LogP contribution in [0.25, 0.3) is 0 Å². The molecule has 1 aromatic heterocycles. The second kappa shape index (κ2) is 6.73. The van der Waals surface area contributed by atoms with E-state index < -0.39 is 5.56 Å². The summed E-state index contributed by atoms with van der Waals surface area (Å²) in [7, 11) is 3.10. The summed E-state index contributed by atoms with van der Waals surface area (Å²) >= 11 is 9.30. The number of hydrazone groups is 1. The van der Waals surface area contributed by atoms with Crippen molar-refractivity contribution in [3.05, 3.63) is 49.8 Å². The molecular formula is C13H12BrClN4O2. The summed E-state index contributed by atoms with van der Waals surface area (Å²) in [5.74, 6) is 0.678. The standard InChI is InChI=1S/C13H12BrClN4O2/c1-19-13(20)12(15)10(7-17-19)18-16-6-8-5-9(14)3-4-11(8)21-2/h3-7,18H,1-2H3/b16-6-. The fraction of sp³-hybridized carbons (Fsp3) is 0.154. The minimum atomic E-state index is -0.392. The largest absolute Gasteiger partial charge is 0.496 e. The Balaban J connectivity index is 2.22. The van der Waals surface area contributed by atoms with Crippen molar-refractivity contribution in [2.45, 2.75) is 0 Å². The number of benzene rings is 1. The zero-order chi connectivity index (χ0) is 15.4. The Morgan fingerprint density at radius 3 is 3.00 bits per heavy atom. The lowest BCUT2D eigenvalue weighted by molar-refractivity contribution is 0.414. The van der Waals surface area contributed by atoms with Crippen LogP contribution in [0.4, 0.5) is 5.69 Å². The van der Waals surface area contributed by atoms with E-state index in [-0.39, 0.29) is 5.02 Å². The molecule has 1 N–H and O–H groups in total. The highest BCUT2D eigenvalue weighted by Gasteiger charge is 2.06.